The van der Waals surface area contributed by atoms with Crippen LogP contribution in [-0.2, 0) is 13.1 Å². The molecular weight excluding hydrogens is 348 g/mol. The zero-order valence-electron chi connectivity index (χ0n) is 10.8. The minimum Gasteiger partial charge on any atom is -0.298 e. The Bertz CT molecular complexity index is 602. The molecular formula is C15H13BrClF2N. The first-order valence-electron chi connectivity index (χ1n) is 6.02. The van der Waals surface area contributed by atoms with Crippen LogP contribution in [0.4, 0.5) is 8.78 Å². The van der Waals surface area contributed by atoms with Crippen LogP contribution in [0, 0.1) is 11.6 Å². The summed E-state index contributed by atoms with van der Waals surface area (Å²) in [5.41, 5.74) is 1.10. The highest BCUT2D eigenvalue weighted by Crippen LogP contribution is 2.23. The lowest BCUT2D eigenvalue weighted by Crippen LogP contribution is -2.19. The van der Waals surface area contributed by atoms with Gasteiger partial charge in [-0.25, -0.2) is 8.78 Å². The van der Waals surface area contributed by atoms with Gasteiger partial charge in [0.15, 0.2) is 0 Å². The fourth-order valence-electron chi connectivity index (χ4n) is 1.94. The quantitative estimate of drug-likeness (QED) is 0.693. The van der Waals surface area contributed by atoms with Crippen LogP contribution in [-0.4, -0.2) is 11.9 Å². The van der Waals surface area contributed by atoms with E-state index in [2.05, 4.69) is 15.9 Å². The molecule has 0 unspecified atom stereocenters. The molecule has 0 amide bonds. The van der Waals surface area contributed by atoms with E-state index in [9.17, 15) is 8.78 Å². The number of halogens is 4. The number of nitrogens with zero attached hydrogens (tertiary/aromatic N) is 1. The van der Waals surface area contributed by atoms with Gasteiger partial charge < -0.3 is 0 Å². The molecule has 0 saturated heterocycles. The van der Waals surface area contributed by atoms with Crippen molar-refractivity contribution in [2.75, 3.05) is 7.05 Å². The predicted octanol–water partition coefficient (Wildman–Crippen LogP) is 5.01. The van der Waals surface area contributed by atoms with E-state index in [0.717, 1.165) is 5.56 Å². The van der Waals surface area contributed by atoms with Crippen molar-refractivity contribution < 1.29 is 8.78 Å². The summed E-state index contributed by atoms with van der Waals surface area (Å²) in [7, 11) is 1.81. The lowest BCUT2D eigenvalue weighted by molar-refractivity contribution is 0.307. The second kappa shape index (κ2) is 6.66. The van der Waals surface area contributed by atoms with Gasteiger partial charge in [0, 0.05) is 23.7 Å². The fraction of sp³-hybridized carbons (Fsp3) is 0.200. The van der Waals surface area contributed by atoms with Crippen molar-refractivity contribution in [2.45, 2.75) is 13.1 Å². The van der Waals surface area contributed by atoms with Crippen LogP contribution in [0.15, 0.2) is 40.9 Å². The van der Waals surface area contributed by atoms with Crippen molar-refractivity contribution in [1.82, 2.24) is 4.90 Å². The first-order chi connectivity index (χ1) is 9.47. The van der Waals surface area contributed by atoms with Gasteiger partial charge >= 0.3 is 0 Å². The largest absolute Gasteiger partial charge is 0.298 e. The van der Waals surface area contributed by atoms with Gasteiger partial charge in [-0.05, 0) is 52.8 Å². The van der Waals surface area contributed by atoms with Crippen LogP contribution < -0.4 is 0 Å². The summed E-state index contributed by atoms with van der Waals surface area (Å²) >= 11 is 8.89. The molecule has 5 heteroatoms. The predicted molar refractivity (Wildman–Crippen MR) is 80.7 cm³/mol. The Hall–Kier alpha value is -0.970. The van der Waals surface area contributed by atoms with E-state index in [1.54, 1.807) is 12.1 Å². The molecule has 2 aromatic rings. The first kappa shape index (κ1) is 15.4. The van der Waals surface area contributed by atoms with Crippen LogP contribution in [0.2, 0.25) is 5.02 Å². The van der Waals surface area contributed by atoms with Crippen molar-refractivity contribution in [1.29, 1.82) is 0 Å². The lowest BCUT2D eigenvalue weighted by atomic mass is 10.1. The summed E-state index contributed by atoms with van der Waals surface area (Å²) in [5, 5.41) is 0.667. The second-order valence-corrected chi connectivity index (χ2v) is 5.91. The van der Waals surface area contributed by atoms with Gasteiger partial charge in [-0.2, -0.15) is 0 Å². The average Bonchev–Trinajstić information content (AvgIpc) is 2.42. The summed E-state index contributed by atoms with van der Waals surface area (Å²) < 4.78 is 27.8. The topological polar surface area (TPSA) is 3.24 Å². The molecule has 0 radical (unpaired) electrons. The standard InChI is InChI=1S/C15H13BrClF2N/c1-20(8-10-2-4-11(17)5-3-10)9-12-14(18)7-6-13(16)15(12)19/h2-7H,8-9H2,1H3. The third kappa shape index (κ3) is 3.78. The lowest BCUT2D eigenvalue weighted by Gasteiger charge is -2.18. The molecule has 0 N–H and O–H groups in total. The zero-order valence-corrected chi connectivity index (χ0v) is 13.2. The summed E-state index contributed by atoms with van der Waals surface area (Å²) in [4.78, 5) is 1.84. The van der Waals surface area contributed by atoms with Crippen LogP contribution in [0.25, 0.3) is 0 Å². The van der Waals surface area contributed by atoms with Crippen molar-refractivity contribution in [3.8, 4) is 0 Å². The molecule has 2 rings (SSSR count). The molecule has 2 aromatic carbocycles. The summed E-state index contributed by atoms with van der Waals surface area (Å²) in [5.74, 6) is -1.08. The van der Waals surface area contributed by atoms with Gasteiger partial charge in [0.1, 0.15) is 11.6 Å². The molecule has 0 heterocycles. The Morgan fingerprint density at radius 3 is 2.35 bits per heavy atom. The van der Waals surface area contributed by atoms with Gasteiger partial charge in [0.2, 0.25) is 0 Å². The molecule has 106 valence electrons. The minimum absolute atomic E-state index is 0.0656. The van der Waals surface area contributed by atoms with Gasteiger partial charge in [-0.15, -0.1) is 0 Å². The van der Waals surface area contributed by atoms with Gasteiger partial charge in [0.05, 0.1) is 4.47 Å². The van der Waals surface area contributed by atoms with Gasteiger partial charge in [0.25, 0.3) is 0 Å². The van der Waals surface area contributed by atoms with E-state index in [0.29, 0.717) is 11.6 Å². The van der Waals surface area contributed by atoms with Crippen LogP contribution in [0.3, 0.4) is 0 Å². The van der Waals surface area contributed by atoms with E-state index < -0.39 is 11.6 Å². The van der Waals surface area contributed by atoms with E-state index in [1.165, 1.54) is 12.1 Å². The zero-order chi connectivity index (χ0) is 14.7. The first-order valence-corrected chi connectivity index (χ1v) is 7.20. The number of hydrogen-bond donors (Lipinski definition) is 0. The number of benzene rings is 2. The van der Waals surface area contributed by atoms with E-state index in [-0.39, 0.29) is 16.6 Å². The third-order valence-electron chi connectivity index (χ3n) is 2.93. The molecule has 0 bridgehead atoms. The minimum atomic E-state index is -0.548. The SMILES string of the molecule is CN(Cc1ccc(Cl)cc1)Cc1c(F)ccc(Br)c1F. The third-order valence-corrected chi connectivity index (χ3v) is 3.80. The van der Waals surface area contributed by atoms with Gasteiger partial charge in [-0.1, -0.05) is 23.7 Å². The summed E-state index contributed by atoms with van der Waals surface area (Å²) in [6.45, 7) is 0.780. The molecule has 0 fully saturated rings. The van der Waals surface area contributed by atoms with Crippen molar-refractivity contribution in [3.63, 3.8) is 0 Å². The van der Waals surface area contributed by atoms with Crippen molar-refractivity contribution >= 4 is 27.5 Å². The Kier molecular flexibility index (Phi) is 5.13. The van der Waals surface area contributed by atoms with Gasteiger partial charge in [-0.3, -0.25) is 4.90 Å². The fourth-order valence-corrected chi connectivity index (χ4v) is 2.44. The highest BCUT2D eigenvalue weighted by Gasteiger charge is 2.14. The van der Waals surface area contributed by atoms with Crippen molar-refractivity contribution in [2.24, 2.45) is 0 Å². The van der Waals surface area contributed by atoms with Crippen LogP contribution >= 0.6 is 27.5 Å². The van der Waals surface area contributed by atoms with E-state index in [1.807, 2.05) is 24.1 Å². The maximum atomic E-state index is 13.9. The molecule has 0 aliphatic rings. The molecule has 1 nitrogen and oxygen atoms in total. The summed E-state index contributed by atoms with van der Waals surface area (Å²) in [6, 6.07) is 10.0. The van der Waals surface area contributed by atoms with Crippen molar-refractivity contribution in [3.05, 3.63) is 68.7 Å². The Labute approximate surface area is 130 Å². The summed E-state index contributed by atoms with van der Waals surface area (Å²) in [6.07, 6.45) is 0. The highest BCUT2D eigenvalue weighted by molar-refractivity contribution is 9.10. The normalized spacial score (nSPS) is 11.1. The maximum absolute atomic E-state index is 13.9. The molecule has 0 saturated carbocycles. The van der Waals surface area contributed by atoms with E-state index in [4.69, 9.17) is 11.6 Å². The monoisotopic (exact) mass is 359 g/mol. The molecule has 0 spiro atoms. The number of rotatable bonds is 4. The smallest absolute Gasteiger partial charge is 0.144 e. The molecule has 0 aliphatic carbocycles. The molecule has 20 heavy (non-hydrogen) atoms. The Morgan fingerprint density at radius 2 is 1.70 bits per heavy atom. The average molecular weight is 361 g/mol. The Balaban J connectivity index is 2.10. The molecule has 0 aromatic heterocycles. The maximum Gasteiger partial charge on any atom is 0.144 e. The second-order valence-electron chi connectivity index (χ2n) is 4.62. The molecule has 0 aliphatic heterocycles. The van der Waals surface area contributed by atoms with Crippen LogP contribution in [0.5, 0.6) is 0 Å². The Morgan fingerprint density at radius 1 is 1.05 bits per heavy atom. The molecule has 0 atom stereocenters. The van der Waals surface area contributed by atoms with E-state index >= 15 is 0 Å². The number of hydrogen-bond acceptors (Lipinski definition) is 1. The van der Waals surface area contributed by atoms with Crippen LogP contribution in [0.1, 0.15) is 11.1 Å². The highest BCUT2D eigenvalue weighted by atomic mass is 79.9.